The molecule has 0 fully saturated rings. The fourth-order valence-electron chi connectivity index (χ4n) is 0.279. The summed E-state index contributed by atoms with van der Waals surface area (Å²) in [6, 6.07) is 0. The van der Waals surface area contributed by atoms with Crippen LogP contribution < -0.4 is 0 Å². The van der Waals surface area contributed by atoms with Gasteiger partial charge in [-0.1, -0.05) is 0 Å². The molecule has 1 nitrogen and oxygen atoms in total. The number of hydrogen-bond donors (Lipinski definition) is 1. The Morgan fingerprint density at radius 1 is 0.769 bits per heavy atom. The van der Waals surface area contributed by atoms with Crippen molar-refractivity contribution in [2.75, 3.05) is 0 Å². The Kier molecular flexibility index (Phi) is 3.16. The molecule has 10 heteroatoms. The summed E-state index contributed by atoms with van der Waals surface area (Å²) in [6.45, 7) is 0. The minimum atomic E-state index is -6.40. The summed E-state index contributed by atoms with van der Waals surface area (Å²) in [5.74, 6) is -5.95. The molecule has 0 bridgehead atoms. The van der Waals surface area contributed by atoms with Gasteiger partial charge >= 0.3 is 17.8 Å². The predicted molar refractivity (Wildman–Crippen MR) is 26.2 cm³/mol. The van der Waals surface area contributed by atoms with Crippen molar-refractivity contribution in [2.45, 2.75) is 17.8 Å². The van der Waals surface area contributed by atoms with Crippen LogP contribution in [0.4, 0.5) is 35.1 Å². The van der Waals surface area contributed by atoms with Crippen LogP contribution in [0.25, 0.3) is 0 Å². The lowest BCUT2D eigenvalue weighted by atomic mass is 10.7. The van der Waals surface area contributed by atoms with Gasteiger partial charge in [-0.25, -0.2) is 0 Å². The lowest BCUT2D eigenvalue weighted by Gasteiger charge is -2.25. The Balaban J connectivity index is 4.86. The molecule has 0 amide bonds. The van der Waals surface area contributed by atoms with Gasteiger partial charge in [-0.3, -0.25) is 0 Å². The molecule has 0 rings (SSSR count). The number of hydrogen-bond acceptors (Lipinski definition) is 1. The van der Waals surface area contributed by atoms with Gasteiger partial charge in [0.15, 0.2) is 0 Å². The second-order valence-electron chi connectivity index (χ2n) is 1.82. The quantitative estimate of drug-likeness (QED) is 0.547. The maximum absolute atomic E-state index is 11.8. The van der Waals surface area contributed by atoms with Crippen LogP contribution in [-0.4, -0.2) is 22.7 Å². The molecule has 80 valence electrons. The molecule has 0 aliphatic rings. The van der Waals surface area contributed by atoms with Crippen LogP contribution in [-0.2, 0) is 0 Å². The van der Waals surface area contributed by atoms with Crippen molar-refractivity contribution in [1.82, 2.24) is 0 Å². The van der Waals surface area contributed by atoms with Crippen molar-refractivity contribution >= 4 is 8.15 Å². The summed E-state index contributed by atoms with van der Waals surface area (Å²) in [4.78, 5) is 7.72. The Labute approximate surface area is 67.2 Å². The molecule has 0 saturated carbocycles. The van der Waals surface area contributed by atoms with Gasteiger partial charge in [0.2, 0.25) is 8.15 Å². The van der Waals surface area contributed by atoms with Gasteiger partial charge in [0.25, 0.3) is 0 Å². The lowest BCUT2D eigenvalue weighted by molar-refractivity contribution is -0.247. The predicted octanol–water partition coefficient (Wildman–Crippen LogP) is 3.05. The monoisotopic (exact) mass is 236 g/mol. The van der Waals surface area contributed by atoms with Gasteiger partial charge in [-0.2, -0.15) is 35.1 Å². The van der Waals surface area contributed by atoms with Crippen LogP contribution in [0.1, 0.15) is 0 Å². The smallest absolute Gasteiger partial charge is 0.361 e. The average Bonchev–Trinajstić information content (AvgIpc) is 1.81. The molecular formula is C3HF8OP. The molecule has 0 aliphatic heterocycles. The van der Waals surface area contributed by atoms with E-state index >= 15 is 0 Å². The third-order valence-electron chi connectivity index (χ3n) is 0.847. The topological polar surface area (TPSA) is 20.2 Å². The highest BCUT2D eigenvalue weighted by molar-refractivity contribution is 7.54. The van der Waals surface area contributed by atoms with Crippen LogP contribution in [0.2, 0.25) is 0 Å². The van der Waals surface area contributed by atoms with E-state index in [4.69, 9.17) is 4.89 Å². The van der Waals surface area contributed by atoms with Crippen molar-refractivity contribution < 1.29 is 40.0 Å². The summed E-state index contributed by atoms with van der Waals surface area (Å²) in [6.07, 6.45) is -6.40. The molecular weight excluding hydrogens is 235 g/mol. The highest BCUT2D eigenvalue weighted by atomic mass is 31.1. The number of halogens is 8. The Morgan fingerprint density at radius 2 is 1.08 bits per heavy atom. The summed E-state index contributed by atoms with van der Waals surface area (Å²) >= 11 is 0. The first-order valence-electron chi connectivity index (χ1n) is 2.41. The molecule has 0 aromatic rings. The van der Waals surface area contributed by atoms with E-state index in [-0.39, 0.29) is 0 Å². The van der Waals surface area contributed by atoms with Crippen molar-refractivity contribution in [1.29, 1.82) is 0 Å². The normalized spacial score (nSPS) is 17.3. The average molecular weight is 236 g/mol. The zero-order valence-corrected chi connectivity index (χ0v) is 6.31. The second kappa shape index (κ2) is 3.20. The largest absolute Gasteiger partial charge is 0.460 e. The zero-order valence-electron chi connectivity index (χ0n) is 5.42. The van der Waals surface area contributed by atoms with Gasteiger partial charge in [-0.05, 0) is 0 Å². The van der Waals surface area contributed by atoms with Crippen molar-refractivity contribution in [3.8, 4) is 0 Å². The van der Waals surface area contributed by atoms with Crippen LogP contribution in [0, 0.1) is 0 Å². The van der Waals surface area contributed by atoms with Crippen LogP contribution in [0.15, 0.2) is 0 Å². The maximum Gasteiger partial charge on any atom is 0.460 e. The van der Waals surface area contributed by atoms with Crippen LogP contribution in [0.3, 0.4) is 0 Å². The molecule has 0 aromatic heterocycles. The first-order valence-corrected chi connectivity index (χ1v) is 3.70. The second-order valence-corrected chi connectivity index (χ2v) is 3.51. The Morgan fingerprint density at radius 3 is 1.15 bits per heavy atom. The number of rotatable bonds is 1. The van der Waals surface area contributed by atoms with Crippen molar-refractivity contribution in [3.05, 3.63) is 0 Å². The van der Waals surface area contributed by atoms with Gasteiger partial charge in [0, 0.05) is 0 Å². The van der Waals surface area contributed by atoms with Crippen LogP contribution in [0.5, 0.6) is 0 Å². The highest BCUT2D eigenvalue weighted by Gasteiger charge is 2.70. The maximum atomic E-state index is 11.8. The fourth-order valence-corrected chi connectivity index (χ4v) is 0.838. The van der Waals surface area contributed by atoms with Gasteiger partial charge < -0.3 is 4.89 Å². The summed E-state index contributed by atoms with van der Waals surface area (Å²) in [5.41, 5.74) is -6.12. The minimum Gasteiger partial charge on any atom is -0.361 e. The first kappa shape index (κ1) is 12.8. The van der Waals surface area contributed by atoms with E-state index in [1.165, 1.54) is 0 Å². The zero-order chi connectivity index (χ0) is 11.1. The molecule has 0 spiro atoms. The van der Waals surface area contributed by atoms with Crippen molar-refractivity contribution in [2.24, 2.45) is 0 Å². The molecule has 0 aromatic carbocycles. The van der Waals surface area contributed by atoms with E-state index in [1.807, 2.05) is 0 Å². The first-order chi connectivity index (χ1) is 5.40. The number of alkyl halides is 8. The Hall–Kier alpha value is -0.170. The SMILES string of the molecule is OP(C(F)(F)F)C(F)(F)C(F)(F)F. The van der Waals surface area contributed by atoms with Gasteiger partial charge in [0.05, 0.1) is 0 Å². The molecule has 1 N–H and O–H groups in total. The van der Waals surface area contributed by atoms with Gasteiger partial charge in [-0.15, -0.1) is 0 Å². The van der Waals surface area contributed by atoms with E-state index in [1.54, 1.807) is 0 Å². The summed E-state index contributed by atoms with van der Waals surface area (Å²) in [7, 11) is -5.41. The fraction of sp³-hybridized carbons (Fsp3) is 1.00. The molecule has 1 atom stereocenters. The molecule has 13 heavy (non-hydrogen) atoms. The summed E-state index contributed by atoms with van der Waals surface area (Å²) in [5, 5.41) is 0. The molecule has 0 saturated heterocycles. The standard InChI is InChI=1S/C3HF8OP/c4-1(5,6)2(7,8)13(12)3(9,10)11/h12H. The molecule has 1 unspecified atom stereocenters. The van der Waals surface area contributed by atoms with E-state index in [0.29, 0.717) is 0 Å². The molecule has 0 radical (unpaired) electrons. The van der Waals surface area contributed by atoms with Crippen molar-refractivity contribution in [3.63, 3.8) is 0 Å². The van der Waals surface area contributed by atoms with E-state index in [0.717, 1.165) is 0 Å². The van der Waals surface area contributed by atoms with E-state index in [2.05, 4.69) is 0 Å². The third-order valence-corrected chi connectivity index (χ3v) is 2.11. The molecule has 0 aliphatic carbocycles. The lowest BCUT2D eigenvalue weighted by Crippen LogP contribution is -2.37. The van der Waals surface area contributed by atoms with Crippen LogP contribution >= 0.6 is 8.15 Å². The van der Waals surface area contributed by atoms with Gasteiger partial charge in [0.1, 0.15) is 0 Å². The third kappa shape index (κ3) is 2.63. The minimum absolute atomic E-state index is 5.41. The highest BCUT2D eigenvalue weighted by Crippen LogP contribution is 2.65. The molecule has 0 heterocycles. The van der Waals surface area contributed by atoms with E-state index < -0.39 is 25.9 Å². The Bertz CT molecular complexity index is 181. The van der Waals surface area contributed by atoms with E-state index in [9.17, 15) is 35.1 Å². The summed E-state index contributed by atoms with van der Waals surface area (Å²) < 4.78 is 91.0.